The molecule has 1 aliphatic heterocycles. The second-order valence-corrected chi connectivity index (χ2v) is 10.2. The van der Waals surface area contributed by atoms with Crippen LogP contribution in [-0.4, -0.2) is 69.0 Å². The molecule has 0 fully saturated rings. The Balaban J connectivity index is 1.32. The lowest BCUT2D eigenvalue weighted by Crippen LogP contribution is -2.50. The topological polar surface area (TPSA) is 150 Å². The van der Waals surface area contributed by atoms with Gasteiger partial charge in [0, 0.05) is 30.9 Å². The van der Waals surface area contributed by atoms with Gasteiger partial charge < -0.3 is 31.3 Å². The minimum Gasteiger partial charge on any atom is -0.467 e. The first-order valence-electron chi connectivity index (χ1n) is 13.4. The SMILES string of the molecule is COC(=O)C(CNC(=O)CNC(=O)c1cccc(NC2=NCCCN2)c1)NC(=O)c1c(Cl)cc(-c2ccccc2)cc1Cl. The first-order chi connectivity index (χ1) is 20.7. The van der Waals surface area contributed by atoms with Gasteiger partial charge in [-0.15, -0.1) is 0 Å². The highest BCUT2D eigenvalue weighted by Gasteiger charge is 2.26. The molecule has 1 aliphatic rings. The van der Waals surface area contributed by atoms with Crippen LogP contribution in [0.1, 0.15) is 27.1 Å². The molecule has 11 nitrogen and oxygen atoms in total. The number of carbonyl (C=O) groups excluding carboxylic acids is 4. The van der Waals surface area contributed by atoms with E-state index in [-0.39, 0.29) is 28.7 Å². The summed E-state index contributed by atoms with van der Waals surface area (Å²) in [5.74, 6) is -1.96. The molecule has 0 bridgehead atoms. The Morgan fingerprint density at radius 3 is 2.35 bits per heavy atom. The number of aliphatic imine (C=N–C) groups is 1. The summed E-state index contributed by atoms with van der Waals surface area (Å²) in [5.41, 5.74) is 2.54. The molecule has 0 aliphatic carbocycles. The number of hydrogen-bond acceptors (Lipinski definition) is 8. The Labute approximate surface area is 258 Å². The van der Waals surface area contributed by atoms with E-state index in [0.717, 1.165) is 25.6 Å². The minimum atomic E-state index is -1.25. The maximum atomic E-state index is 13.1. The van der Waals surface area contributed by atoms with Crippen molar-refractivity contribution >= 4 is 58.5 Å². The van der Waals surface area contributed by atoms with E-state index in [1.807, 2.05) is 30.3 Å². The van der Waals surface area contributed by atoms with Gasteiger partial charge in [-0.2, -0.15) is 0 Å². The average molecular weight is 626 g/mol. The van der Waals surface area contributed by atoms with Gasteiger partial charge in [-0.3, -0.25) is 19.4 Å². The zero-order chi connectivity index (χ0) is 30.8. The molecule has 13 heteroatoms. The van der Waals surface area contributed by atoms with Crippen LogP contribution in [0, 0.1) is 0 Å². The monoisotopic (exact) mass is 624 g/mol. The van der Waals surface area contributed by atoms with Crippen molar-refractivity contribution in [3.05, 3.63) is 87.9 Å². The molecule has 224 valence electrons. The van der Waals surface area contributed by atoms with Gasteiger partial charge >= 0.3 is 5.97 Å². The largest absolute Gasteiger partial charge is 0.467 e. The van der Waals surface area contributed by atoms with Crippen LogP contribution in [0.25, 0.3) is 11.1 Å². The van der Waals surface area contributed by atoms with Gasteiger partial charge in [0.05, 0.1) is 29.3 Å². The summed E-state index contributed by atoms with van der Waals surface area (Å²) < 4.78 is 4.78. The predicted octanol–water partition coefficient (Wildman–Crippen LogP) is 3.24. The molecule has 3 aromatic carbocycles. The second-order valence-electron chi connectivity index (χ2n) is 9.43. The van der Waals surface area contributed by atoms with Crippen molar-refractivity contribution in [2.24, 2.45) is 4.99 Å². The van der Waals surface area contributed by atoms with E-state index in [1.165, 1.54) is 0 Å². The van der Waals surface area contributed by atoms with Crippen molar-refractivity contribution < 1.29 is 23.9 Å². The quantitative estimate of drug-likeness (QED) is 0.217. The van der Waals surface area contributed by atoms with Crippen LogP contribution in [0.5, 0.6) is 0 Å². The first-order valence-corrected chi connectivity index (χ1v) is 14.1. The van der Waals surface area contributed by atoms with Crippen molar-refractivity contribution in [1.82, 2.24) is 21.3 Å². The van der Waals surface area contributed by atoms with Crippen molar-refractivity contribution in [3.8, 4) is 11.1 Å². The number of guanidine groups is 1. The maximum Gasteiger partial charge on any atom is 0.330 e. The normalized spacial score (nSPS) is 13.0. The van der Waals surface area contributed by atoms with Gasteiger partial charge in [0.15, 0.2) is 5.96 Å². The summed E-state index contributed by atoms with van der Waals surface area (Å²) in [4.78, 5) is 54.9. The third-order valence-corrected chi connectivity index (χ3v) is 6.96. The third kappa shape index (κ3) is 8.69. The molecule has 3 aromatic rings. The third-order valence-electron chi connectivity index (χ3n) is 6.36. The van der Waals surface area contributed by atoms with Crippen molar-refractivity contribution in [1.29, 1.82) is 0 Å². The van der Waals surface area contributed by atoms with Gasteiger partial charge in [0.2, 0.25) is 5.91 Å². The molecule has 0 radical (unpaired) electrons. The highest BCUT2D eigenvalue weighted by atomic mass is 35.5. The molecule has 3 amide bonds. The smallest absolute Gasteiger partial charge is 0.330 e. The molecular weight excluding hydrogens is 595 g/mol. The summed E-state index contributed by atoms with van der Waals surface area (Å²) in [7, 11) is 1.15. The fourth-order valence-electron chi connectivity index (χ4n) is 4.19. The Hall–Kier alpha value is -4.61. The van der Waals surface area contributed by atoms with Crippen LogP contribution in [0.4, 0.5) is 5.69 Å². The standard InChI is InChI=1S/C30H30Cl2N6O5/c1-43-29(42)24(38-28(41)26-22(31)14-20(15-23(26)32)18-7-3-2-4-8-18)16-35-25(39)17-36-27(40)19-9-5-10-21(13-19)37-30-33-11-6-12-34-30/h2-5,7-10,13-15,24H,6,11-12,16-17H2,1H3,(H,35,39)(H,36,40)(H,38,41)(H2,33,34,37). The fraction of sp³-hybridized carbons (Fsp3) is 0.233. The van der Waals surface area contributed by atoms with Gasteiger partial charge in [-0.05, 0) is 47.9 Å². The highest BCUT2D eigenvalue weighted by Crippen LogP contribution is 2.31. The van der Waals surface area contributed by atoms with E-state index < -0.39 is 29.7 Å². The van der Waals surface area contributed by atoms with E-state index in [4.69, 9.17) is 27.9 Å². The van der Waals surface area contributed by atoms with Crippen LogP contribution < -0.4 is 26.6 Å². The first kappa shape index (κ1) is 31.3. The average Bonchev–Trinajstić information content (AvgIpc) is 3.02. The Morgan fingerprint density at radius 2 is 1.67 bits per heavy atom. The van der Waals surface area contributed by atoms with E-state index in [1.54, 1.807) is 36.4 Å². The van der Waals surface area contributed by atoms with Crippen LogP contribution in [0.2, 0.25) is 10.0 Å². The molecule has 1 unspecified atom stereocenters. The van der Waals surface area contributed by atoms with Gasteiger partial charge in [0.1, 0.15) is 6.04 Å². The van der Waals surface area contributed by atoms with E-state index >= 15 is 0 Å². The number of hydrogen-bond donors (Lipinski definition) is 5. The summed E-state index contributed by atoms with van der Waals surface area (Å²) in [6, 6.07) is 18.0. The molecule has 0 spiro atoms. The summed E-state index contributed by atoms with van der Waals surface area (Å²) in [6.07, 6.45) is 0.952. The lowest BCUT2D eigenvalue weighted by atomic mass is 10.0. The molecule has 5 N–H and O–H groups in total. The van der Waals surface area contributed by atoms with Crippen molar-refractivity contribution in [2.75, 3.05) is 38.6 Å². The zero-order valence-electron chi connectivity index (χ0n) is 23.2. The fourth-order valence-corrected chi connectivity index (χ4v) is 4.84. The Bertz CT molecular complexity index is 1510. The summed E-state index contributed by atoms with van der Waals surface area (Å²) in [5, 5.41) is 14.0. The number of benzene rings is 3. The Kier molecular flexibility index (Phi) is 11.0. The number of ether oxygens (including phenoxy) is 1. The van der Waals surface area contributed by atoms with Crippen LogP contribution >= 0.6 is 23.2 Å². The van der Waals surface area contributed by atoms with Gasteiger partial charge in [0.25, 0.3) is 11.8 Å². The minimum absolute atomic E-state index is 0.0291. The second kappa shape index (κ2) is 15.0. The highest BCUT2D eigenvalue weighted by molar-refractivity contribution is 6.40. The van der Waals surface area contributed by atoms with Crippen molar-refractivity contribution in [2.45, 2.75) is 12.5 Å². The van der Waals surface area contributed by atoms with E-state index in [9.17, 15) is 19.2 Å². The number of methoxy groups -OCH3 is 1. The lowest BCUT2D eigenvalue weighted by molar-refractivity contribution is -0.142. The zero-order valence-corrected chi connectivity index (χ0v) is 24.7. The van der Waals surface area contributed by atoms with Crippen molar-refractivity contribution in [3.63, 3.8) is 0 Å². The van der Waals surface area contributed by atoms with Crippen LogP contribution in [0.15, 0.2) is 71.7 Å². The molecule has 0 saturated heterocycles. The molecule has 0 saturated carbocycles. The number of amides is 3. The Morgan fingerprint density at radius 1 is 0.930 bits per heavy atom. The predicted molar refractivity (Wildman–Crippen MR) is 165 cm³/mol. The summed E-state index contributed by atoms with van der Waals surface area (Å²) >= 11 is 12.8. The number of halogens is 2. The molecule has 1 atom stereocenters. The molecule has 43 heavy (non-hydrogen) atoms. The lowest BCUT2D eigenvalue weighted by Gasteiger charge is -2.18. The summed E-state index contributed by atoms with van der Waals surface area (Å²) in [6.45, 7) is 0.851. The molecule has 1 heterocycles. The number of nitrogens with zero attached hydrogens (tertiary/aromatic N) is 1. The van der Waals surface area contributed by atoms with E-state index in [0.29, 0.717) is 29.3 Å². The molecular formula is C30H30Cl2N6O5. The van der Waals surface area contributed by atoms with Gasteiger partial charge in [-0.25, -0.2) is 4.79 Å². The molecule has 0 aromatic heterocycles. The number of rotatable bonds is 10. The van der Waals surface area contributed by atoms with Crippen LogP contribution in [-0.2, 0) is 14.3 Å². The van der Waals surface area contributed by atoms with E-state index in [2.05, 4.69) is 31.6 Å². The number of nitrogens with one attached hydrogen (secondary N) is 5. The maximum absolute atomic E-state index is 13.1. The number of anilines is 1. The number of carbonyl (C=O) groups is 4. The van der Waals surface area contributed by atoms with Gasteiger partial charge in [-0.1, -0.05) is 59.6 Å². The number of esters is 1. The molecule has 4 rings (SSSR count). The van der Waals surface area contributed by atoms with Crippen LogP contribution in [0.3, 0.4) is 0 Å².